The van der Waals surface area contributed by atoms with Crippen molar-refractivity contribution in [2.45, 2.75) is 50.7 Å². The van der Waals surface area contributed by atoms with E-state index in [1.54, 1.807) is 19.4 Å². The van der Waals surface area contributed by atoms with Crippen LogP contribution in [0.4, 0.5) is 5.82 Å². The fourth-order valence-electron chi connectivity index (χ4n) is 4.77. The van der Waals surface area contributed by atoms with Crippen molar-refractivity contribution in [3.8, 4) is 5.75 Å². The predicted molar refractivity (Wildman–Crippen MR) is 115 cm³/mol. The number of hydrogen-bond acceptors (Lipinski definition) is 4. The van der Waals surface area contributed by atoms with Crippen LogP contribution in [0.15, 0.2) is 47.7 Å². The van der Waals surface area contributed by atoms with E-state index in [2.05, 4.69) is 44.9 Å². The zero-order valence-corrected chi connectivity index (χ0v) is 17.0. The highest BCUT2D eigenvalue weighted by molar-refractivity contribution is 5.86. The van der Waals surface area contributed by atoms with Gasteiger partial charge in [0.1, 0.15) is 17.7 Å². The Bertz CT molecular complexity index is 1060. The number of aryl methyl sites for hydroxylation is 1. The van der Waals surface area contributed by atoms with E-state index in [1.807, 2.05) is 0 Å². The molecule has 1 aromatic carbocycles. The van der Waals surface area contributed by atoms with Crippen LogP contribution >= 0.6 is 0 Å². The van der Waals surface area contributed by atoms with Gasteiger partial charge >= 0.3 is 0 Å². The molecule has 6 heteroatoms. The molecule has 1 aliphatic heterocycles. The lowest BCUT2D eigenvalue weighted by Crippen LogP contribution is -2.39. The summed E-state index contributed by atoms with van der Waals surface area (Å²) in [5.41, 5.74) is 1.27. The third kappa shape index (κ3) is 3.52. The first kappa shape index (κ1) is 18.3. The molecule has 3 heterocycles. The van der Waals surface area contributed by atoms with Crippen molar-refractivity contribution < 1.29 is 4.74 Å². The third-order valence-electron chi connectivity index (χ3n) is 6.46. The standard InChI is InChI=1S/C23H28N4O2/c1-25-16-24-22(15-23(25)28)26-12-9-18(10-13-26)29-21-8-4-7-20-19(21)11-14-27(20)17-5-2-3-6-17/h4,7-8,11,14-18H,2-3,5-6,9-10,12-13H2,1H3. The Kier molecular flexibility index (Phi) is 4.78. The van der Waals surface area contributed by atoms with Crippen LogP contribution in [0, 0.1) is 0 Å². The fourth-order valence-corrected chi connectivity index (χ4v) is 4.77. The van der Waals surface area contributed by atoms with E-state index < -0.39 is 0 Å². The minimum absolute atomic E-state index is 0.0215. The maximum Gasteiger partial charge on any atom is 0.255 e. The highest BCUT2D eigenvalue weighted by Crippen LogP contribution is 2.36. The summed E-state index contributed by atoms with van der Waals surface area (Å²) in [7, 11) is 1.72. The second kappa shape index (κ2) is 7.58. The molecular weight excluding hydrogens is 364 g/mol. The van der Waals surface area contributed by atoms with Crippen LogP contribution in [0.2, 0.25) is 0 Å². The van der Waals surface area contributed by atoms with Gasteiger partial charge in [-0.25, -0.2) is 4.98 Å². The van der Waals surface area contributed by atoms with Crippen molar-refractivity contribution in [2.24, 2.45) is 7.05 Å². The molecule has 0 atom stereocenters. The lowest BCUT2D eigenvalue weighted by atomic mass is 10.1. The van der Waals surface area contributed by atoms with Crippen LogP contribution in [0.25, 0.3) is 10.9 Å². The lowest BCUT2D eigenvalue weighted by Gasteiger charge is -2.33. The summed E-state index contributed by atoms with van der Waals surface area (Å²) in [6, 6.07) is 10.9. The number of piperidine rings is 1. The smallest absolute Gasteiger partial charge is 0.255 e. The first-order valence-electron chi connectivity index (χ1n) is 10.7. The molecule has 2 aliphatic rings. The molecule has 1 saturated carbocycles. The van der Waals surface area contributed by atoms with Crippen LogP contribution in [-0.2, 0) is 7.05 Å². The number of hydrogen-bond donors (Lipinski definition) is 0. The molecule has 2 fully saturated rings. The highest BCUT2D eigenvalue weighted by Gasteiger charge is 2.23. The Morgan fingerprint density at radius 1 is 1.07 bits per heavy atom. The zero-order chi connectivity index (χ0) is 19.8. The number of fused-ring (bicyclic) bond motifs is 1. The van der Waals surface area contributed by atoms with E-state index in [1.165, 1.54) is 41.2 Å². The van der Waals surface area contributed by atoms with Gasteiger partial charge in [-0.1, -0.05) is 18.9 Å². The largest absolute Gasteiger partial charge is 0.490 e. The van der Waals surface area contributed by atoms with E-state index in [-0.39, 0.29) is 11.7 Å². The van der Waals surface area contributed by atoms with E-state index in [4.69, 9.17) is 4.74 Å². The second-order valence-corrected chi connectivity index (χ2v) is 8.35. The quantitative estimate of drug-likeness (QED) is 0.676. The van der Waals surface area contributed by atoms with Gasteiger partial charge in [-0.05, 0) is 31.0 Å². The molecule has 2 aromatic heterocycles. The van der Waals surface area contributed by atoms with Crippen molar-refractivity contribution in [3.05, 3.63) is 53.2 Å². The number of anilines is 1. The van der Waals surface area contributed by atoms with E-state index in [0.29, 0.717) is 6.04 Å². The SMILES string of the molecule is Cn1cnc(N2CCC(Oc3cccc4c3ccn4C3CCCC3)CC2)cc1=O. The molecule has 1 saturated heterocycles. The molecule has 29 heavy (non-hydrogen) atoms. The van der Waals surface area contributed by atoms with Gasteiger partial charge in [0.05, 0.1) is 11.8 Å². The number of benzene rings is 1. The molecular formula is C23H28N4O2. The molecule has 0 amide bonds. The Labute approximate surface area is 170 Å². The second-order valence-electron chi connectivity index (χ2n) is 8.35. The zero-order valence-electron chi connectivity index (χ0n) is 17.0. The third-order valence-corrected chi connectivity index (χ3v) is 6.46. The van der Waals surface area contributed by atoms with Crippen molar-refractivity contribution in [2.75, 3.05) is 18.0 Å². The minimum Gasteiger partial charge on any atom is -0.490 e. The van der Waals surface area contributed by atoms with Crippen molar-refractivity contribution in [1.29, 1.82) is 0 Å². The molecule has 0 unspecified atom stereocenters. The predicted octanol–water partition coefficient (Wildman–Crippen LogP) is 3.90. The van der Waals surface area contributed by atoms with Crippen LogP contribution < -0.4 is 15.2 Å². The average molecular weight is 393 g/mol. The number of nitrogens with zero attached hydrogens (tertiary/aromatic N) is 4. The summed E-state index contributed by atoms with van der Waals surface area (Å²) in [4.78, 5) is 18.5. The molecule has 6 nitrogen and oxygen atoms in total. The summed E-state index contributed by atoms with van der Waals surface area (Å²) >= 11 is 0. The van der Waals surface area contributed by atoms with E-state index >= 15 is 0 Å². The van der Waals surface area contributed by atoms with Crippen LogP contribution in [0.1, 0.15) is 44.6 Å². The van der Waals surface area contributed by atoms with Gasteiger partial charge < -0.3 is 18.8 Å². The average Bonchev–Trinajstić information content (AvgIpc) is 3.41. The maximum atomic E-state index is 11.9. The first-order valence-corrected chi connectivity index (χ1v) is 10.7. The Morgan fingerprint density at radius 3 is 2.62 bits per heavy atom. The number of rotatable bonds is 4. The van der Waals surface area contributed by atoms with Crippen molar-refractivity contribution >= 4 is 16.7 Å². The molecule has 0 N–H and O–H groups in total. The maximum absolute atomic E-state index is 11.9. The van der Waals surface area contributed by atoms with Crippen molar-refractivity contribution in [3.63, 3.8) is 0 Å². The van der Waals surface area contributed by atoms with Crippen molar-refractivity contribution in [1.82, 2.24) is 14.1 Å². The van der Waals surface area contributed by atoms with Gasteiger partial charge in [-0.15, -0.1) is 0 Å². The van der Waals surface area contributed by atoms with Gasteiger partial charge in [0.15, 0.2) is 0 Å². The monoisotopic (exact) mass is 392 g/mol. The summed E-state index contributed by atoms with van der Waals surface area (Å²) in [6.07, 6.45) is 11.1. The molecule has 0 spiro atoms. The normalized spacial score (nSPS) is 18.6. The first-order chi connectivity index (χ1) is 14.2. The number of aromatic nitrogens is 3. The Morgan fingerprint density at radius 2 is 1.86 bits per heavy atom. The number of ether oxygens (including phenoxy) is 1. The fraction of sp³-hybridized carbons (Fsp3) is 0.478. The lowest BCUT2D eigenvalue weighted by molar-refractivity contribution is 0.173. The van der Waals surface area contributed by atoms with Crippen LogP contribution in [-0.4, -0.2) is 33.3 Å². The van der Waals surface area contributed by atoms with Gasteiger partial charge in [-0.3, -0.25) is 4.79 Å². The topological polar surface area (TPSA) is 52.3 Å². The van der Waals surface area contributed by atoms with Gasteiger partial charge in [-0.2, -0.15) is 0 Å². The summed E-state index contributed by atoms with van der Waals surface area (Å²) in [6.45, 7) is 1.70. The molecule has 152 valence electrons. The summed E-state index contributed by atoms with van der Waals surface area (Å²) in [5.74, 6) is 1.76. The molecule has 1 aliphatic carbocycles. The summed E-state index contributed by atoms with van der Waals surface area (Å²) < 4.78 is 10.4. The van der Waals surface area contributed by atoms with E-state index in [0.717, 1.165) is 37.5 Å². The van der Waals surface area contributed by atoms with Gasteiger partial charge in [0.2, 0.25) is 0 Å². The summed E-state index contributed by atoms with van der Waals surface area (Å²) in [5, 5.41) is 1.22. The van der Waals surface area contributed by atoms with Crippen LogP contribution in [0.3, 0.4) is 0 Å². The Hall–Kier alpha value is -2.76. The van der Waals surface area contributed by atoms with Gasteiger partial charge in [0.25, 0.3) is 5.56 Å². The molecule has 0 radical (unpaired) electrons. The molecule has 0 bridgehead atoms. The minimum atomic E-state index is -0.0215. The molecule has 5 rings (SSSR count). The highest BCUT2D eigenvalue weighted by atomic mass is 16.5. The van der Waals surface area contributed by atoms with Gasteiger partial charge in [0, 0.05) is 56.7 Å². The molecule has 3 aromatic rings. The van der Waals surface area contributed by atoms with Crippen LogP contribution in [0.5, 0.6) is 5.75 Å². The Balaban J connectivity index is 1.28. The van der Waals surface area contributed by atoms with E-state index in [9.17, 15) is 4.79 Å².